The van der Waals surface area contributed by atoms with Gasteiger partial charge in [-0.1, -0.05) is 0 Å². The molecule has 8 nitrogen and oxygen atoms in total. The first kappa shape index (κ1) is 12.7. The number of amides is 1. The zero-order valence-corrected chi connectivity index (χ0v) is 9.17. The molecule has 0 radical (unpaired) electrons. The standard InChI is InChI=1S/C9H12N4O4/c1-2-10-8(14)6-12-11-5-7-3-4-9(17-7)13(15)16/h3-5,12H,2,6H2,1H3,(H,10,14)/b11-5+. The van der Waals surface area contributed by atoms with Crippen molar-refractivity contribution in [2.75, 3.05) is 13.1 Å². The monoisotopic (exact) mass is 240 g/mol. The average Bonchev–Trinajstić information content (AvgIpc) is 2.73. The van der Waals surface area contributed by atoms with Gasteiger partial charge in [-0.05, 0) is 13.0 Å². The molecule has 0 aliphatic heterocycles. The Morgan fingerprint density at radius 3 is 3.00 bits per heavy atom. The lowest BCUT2D eigenvalue weighted by Crippen LogP contribution is -2.31. The number of likely N-dealkylation sites (N-methyl/N-ethyl adjacent to an activating group) is 1. The summed E-state index contributed by atoms with van der Waals surface area (Å²) >= 11 is 0. The Bertz CT molecular complexity index is 426. The Morgan fingerprint density at radius 1 is 1.65 bits per heavy atom. The first-order valence-corrected chi connectivity index (χ1v) is 4.90. The van der Waals surface area contributed by atoms with Crippen LogP contribution in [0.5, 0.6) is 0 Å². The van der Waals surface area contributed by atoms with Gasteiger partial charge in [0.1, 0.15) is 11.5 Å². The van der Waals surface area contributed by atoms with Gasteiger partial charge in [0.25, 0.3) is 0 Å². The molecule has 1 heterocycles. The van der Waals surface area contributed by atoms with Crippen molar-refractivity contribution in [2.45, 2.75) is 6.92 Å². The maximum atomic E-state index is 11.0. The van der Waals surface area contributed by atoms with Crippen LogP contribution in [0.3, 0.4) is 0 Å². The first-order valence-electron chi connectivity index (χ1n) is 4.90. The third-order valence-electron chi connectivity index (χ3n) is 1.69. The molecule has 1 rings (SSSR count). The number of nitrogens with zero attached hydrogens (tertiary/aromatic N) is 2. The minimum Gasteiger partial charge on any atom is -0.400 e. The molecule has 0 fully saturated rings. The van der Waals surface area contributed by atoms with E-state index in [1.807, 2.05) is 6.92 Å². The van der Waals surface area contributed by atoms with Gasteiger partial charge in [-0.2, -0.15) is 5.10 Å². The number of carbonyl (C=O) groups excluding carboxylic acids is 1. The molecule has 0 saturated carbocycles. The summed E-state index contributed by atoms with van der Waals surface area (Å²) in [6.07, 6.45) is 1.26. The molecule has 1 aromatic rings. The van der Waals surface area contributed by atoms with E-state index in [-0.39, 0.29) is 24.1 Å². The molecule has 0 spiro atoms. The van der Waals surface area contributed by atoms with E-state index in [0.717, 1.165) is 0 Å². The van der Waals surface area contributed by atoms with Gasteiger partial charge in [0.05, 0.1) is 12.3 Å². The average molecular weight is 240 g/mol. The largest absolute Gasteiger partial charge is 0.433 e. The number of hydrazone groups is 1. The van der Waals surface area contributed by atoms with E-state index in [0.29, 0.717) is 6.54 Å². The summed E-state index contributed by atoms with van der Waals surface area (Å²) in [5, 5.41) is 16.6. The van der Waals surface area contributed by atoms with Gasteiger partial charge in [-0.3, -0.25) is 14.9 Å². The highest BCUT2D eigenvalue weighted by molar-refractivity contribution is 5.79. The summed E-state index contributed by atoms with van der Waals surface area (Å²) in [4.78, 5) is 20.7. The number of hydrogen-bond donors (Lipinski definition) is 2. The van der Waals surface area contributed by atoms with Crippen LogP contribution >= 0.6 is 0 Å². The molecular formula is C9H12N4O4. The molecule has 0 saturated heterocycles. The van der Waals surface area contributed by atoms with Gasteiger partial charge >= 0.3 is 5.88 Å². The second-order valence-corrected chi connectivity index (χ2v) is 2.98. The van der Waals surface area contributed by atoms with Crippen LogP contribution in [0.2, 0.25) is 0 Å². The van der Waals surface area contributed by atoms with E-state index in [1.165, 1.54) is 18.3 Å². The Hall–Kier alpha value is -2.38. The van der Waals surface area contributed by atoms with Crippen molar-refractivity contribution in [1.29, 1.82) is 0 Å². The summed E-state index contributed by atoms with van der Waals surface area (Å²) in [7, 11) is 0. The Morgan fingerprint density at radius 2 is 2.41 bits per heavy atom. The maximum absolute atomic E-state index is 11.0. The summed E-state index contributed by atoms with van der Waals surface area (Å²) in [5.41, 5.74) is 2.48. The summed E-state index contributed by atoms with van der Waals surface area (Å²) in [6.45, 7) is 2.39. The van der Waals surface area contributed by atoms with Gasteiger partial charge in [0.2, 0.25) is 5.91 Å². The molecule has 0 atom stereocenters. The normalized spacial score (nSPS) is 10.4. The van der Waals surface area contributed by atoms with Crippen LogP contribution in [0, 0.1) is 10.1 Å². The molecule has 0 aliphatic rings. The first-order chi connectivity index (χ1) is 8.13. The Labute approximate surface area is 96.8 Å². The lowest BCUT2D eigenvalue weighted by molar-refractivity contribution is -0.402. The van der Waals surface area contributed by atoms with Crippen molar-refractivity contribution < 1.29 is 14.1 Å². The number of hydrogen-bond acceptors (Lipinski definition) is 6. The Kier molecular flexibility index (Phi) is 4.67. The zero-order chi connectivity index (χ0) is 12.7. The predicted octanol–water partition coefficient (Wildman–Crippen LogP) is 0.247. The van der Waals surface area contributed by atoms with E-state index in [4.69, 9.17) is 4.42 Å². The zero-order valence-electron chi connectivity index (χ0n) is 9.17. The second kappa shape index (κ2) is 6.26. The van der Waals surface area contributed by atoms with Crippen molar-refractivity contribution in [1.82, 2.24) is 10.7 Å². The molecule has 0 aromatic carbocycles. The molecule has 17 heavy (non-hydrogen) atoms. The van der Waals surface area contributed by atoms with Crippen LogP contribution in [-0.4, -0.2) is 30.1 Å². The van der Waals surface area contributed by atoms with Gasteiger partial charge in [0.15, 0.2) is 5.76 Å². The molecule has 1 aromatic heterocycles. The van der Waals surface area contributed by atoms with Crippen LogP contribution in [0.4, 0.5) is 5.88 Å². The highest BCUT2D eigenvalue weighted by Gasteiger charge is 2.09. The fourth-order valence-corrected chi connectivity index (χ4v) is 0.996. The lowest BCUT2D eigenvalue weighted by atomic mass is 10.5. The van der Waals surface area contributed by atoms with Gasteiger partial charge in [0, 0.05) is 6.54 Å². The predicted molar refractivity (Wildman–Crippen MR) is 59.6 cm³/mol. The number of carbonyl (C=O) groups is 1. The fourth-order valence-electron chi connectivity index (χ4n) is 0.996. The molecule has 0 unspecified atom stereocenters. The highest BCUT2D eigenvalue weighted by atomic mass is 16.6. The van der Waals surface area contributed by atoms with Crippen LogP contribution in [0.1, 0.15) is 12.7 Å². The molecule has 1 amide bonds. The van der Waals surface area contributed by atoms with E-state index in [9.17, 15) is 14.9 Å². The maximum Gasteiger partial charge on any atom is 0.433 e. The Balaban J connectivity index is 2.37. The summed E-state index contributed by atoms with van der Waals surface area (Å²) in [6, 6.07) is 2.64. The van der Waals surface area contributed by atoms with Crippen molar-refractivity contribution in [3.05, 3.63) is 28.0 Å². The van der Waals surface area contributed by atoms with Gasteiger partial charge in [-0.15, -0.1) is 0 Å². The number of furan rings is 1. The molecule has 8 heteroatoms. The second-order valence-electron chi connectivity index (χ2n) is 2.98. The van der Waals surface area contributed by atoms with Crippen LogP contribution < -0.4 is 10.7 Å². The summed E-state index contributed by atoms with van der Waals surface area (Å²) < 4.78 is 4.81. The minimum atomic E-state index is -0.639. The number of rotatable bonds is 6. The van der Waals surface area contributed by atoms with E-state index in [1.54, 1.807) is 0 Å². The molecular weight excluding hydrogens is 228 g/mol. The van der Waals surface area contributed by atoms with Crippen LogP contribution in [-0.2, 0) is 4.79 Å². The highest BCUT2D eigenvalue weighted by Crippen LogP contribution is 2.13. The molecule has 0 bridgehead atoms. The van der Waals surface area contributed by atoms with Crippen LogP contribution in [0.25, 0.3) is 0 Å². The number of nitro groups is 1. The quantitative estimate of drug-likeness (QED) is 0.420. The third kappa shape index (κ3) is 4.33. The summed E-state index contributed by atoms with van der Waals surface area (Å²) in [5.74, 6) is -0.301. The number of nitrogens with one attached hydrogen (secondary N) is 2. The molecule has 92 valence electrons. The van der Waals surface area contributed by atoms with E-state index < -0.39 is 4.92 Å². The van der Waals surface area contributed by atoms with Gasteiger partial charge < -0.3 is 15.2 Å². The fraction of sp³-hybridized carbons (Fsp3) is 0.333. The smallest absolute Gasteiger partial charge is 0.400 e. The third-order valence-corrected chi connectivity index (χ3v) is 1.69. The van der Waals surface area contributed by atoms with Crippen molar-refractivity contribution in [3.63, 3.8) is 0 Å². The SMILES string of the molecule is CCNC(=O)CN/N=C/c1ccc([N+](=O)[O-])o1. The minimum absolute atomic E-state index is 0.0349. The van der Waals surface area contributed by atoms with E-state index >= 15 is 0 Å². The van der Waals surface area contributed by atoms with Crippen molar-refractivity contribution >= 4 is 18.0 Å². The molecule has 2 N–H and O–H groups in total. The lowest BCUT2D eigenvalue weighted by Gasteiger charge is -1.99. The van der Waals surface area contributed by atoms with E-state index in [2.05, 4.69) is 15.8 Å². The van der Waals surface area contributed by atoms with Gasteiger partial charge in [-0.25, -0.2) is 0 Å². The van der Waals surface area contributed by atoms with Crippen molar-refractivity contribution in [3.8, 4) is 0 Å². The van der Waals surface area contributed by atoms with Crippen molar-refractivity contribution in [2.24, 2.45) is 5.10 Å². The molecule has 0 aliphatic carbocycles. The topological polar surface area (TPSA) is 110 Å². The van der Waals surface area contributed by atoms with Crippen LogP contribution in [0.15, 0.2) is 21.7 Å².